The second-order valence-corrected chi connectivity index (χ2v) is 14.7. The molecule has 4 heterocycles. The van der Waals surface area contributed by atoms with E-state index in [2.05, 4.69) is 4.98 Å². The SMILES string of the molecule is COc1cc2sc(C(=O)CCC(=O)O[C@H]3CSSC[C@@H]3O)cc2cc1OCCCOc1cc2c(nc1OC)CN(C(=O)CCC(=O)O)C2. The fourth-order valence-electron chi connectivity index (χ4n) is 5.08. The van der Waals surface area contributed by atoms with Crippen molar-refractivity contribution in [3.8, 4) is 23.1 Å². The number of rotatable bonds is 16. The number of aliphatic carboxylic acids is 1. The Labute approximate surface area is 288 Å². The van der Waals surface area contributed by atoms with E-state index in [1.54, 1.807) is 27.8 Å². The molecule has 48 heavy (non-hydrogen) atoms. The number of methoxy groups -OCH3 is 2. The maximum Gasteiger partial charge on any atom is 0.306 e. The Hall–Kier alpha value is -3.73. The summed E-state index contributed by atoms with van der Waals surface area (Å²) in [5, 5.41) is 19.7. The molecule has 0 saturated carbocycles. The average Bonchev–Trinajstić information content (AvgIpc) is 3.69. The summed E-state index contributed by atoms with van der Waals surface area (Å²) < 4.78 is 29.1. The van der Waals surface area contributed by atoms with Crippen LogP contribution in [0.4, 0.5) is 0 Å². The summed E-state index contributed by atoms with van der Waals surface area (Å²) in [7, 11) is 6.11. The van der Waals surface area contributed by atoms with Crippen LogP contribution in [0.1, 0.15) is 53.0 Å². The number of ketones is 1. The van der Waals surface area contributed by atoms with Crippen molar-refractivity contribution in [3.05, 3.63) is 40.4 Å². The van der Waals surface area contributed by atoms with Crippen LogP contribution < -0.4 is 18.9 Å². The zero-order valence-corrected chi connectivity index (χ0v) is 28.9. The number of pyridine rings is 1. The molecule has 1 saturated heterocycles. The van der Waals surface area contributed by atoms with Gasteiger partial charge < -0.3 is 38.8 Å². The minimum Gasteiger partial charge on any atom is -0.493 e. The minimum atomic E-state index is -1.02. The molecule has 16 heteroatoms. The van der Waals surface area contributed by atoms with Crippen LogP contribution in [0.5, 0.6) is 23.1 Å². The third kappa shape index (κ3) is 9.03. The number of aromatic nitrogens is 1. The van der Waals surface area contributed by atoms with Crippen LogP contribution >= 0.6 is 32.9 Å². The highest BCUT2D eigenvalue weighted by molar-refractivity contribution is 8.76. The molecule has 0 spiro atoms. The molecule has 2 N–H and O–H groups in total. The third-order valence-corrected chi connectivity index (χ3v) is 11.2. The van der Waals surface area contributed by atoms with Gasteiger partial charge in [-0.15, -0.1) is 11.3 Å². The number of ether oxygens (including phenoxy) is 5. The first-order chi connectivity index (χ1) is 23.1. The number of fused-ring (bicyclic) bond motifs is 2. The van der Waals surface area contributed by atoms with E-state index in [-0.39, 0.29) is 43.9 Å². The number of nitrogens with zero attached hydrogens (tertiary/aromatic N) is 2. The molecule has 258 valence electrons. The molecular weight excluding hydrogens is 685 g/mol. The van der Waals surface area contributed by atoms with Gasteiger partial charge in [-0.3, -0.25) is 19.2 Å². The summed E-state index contributed by atoms with van der Waals surface area (Å²) in [5.74, 6) is 0.834. The summed E-state index contributed by atoms with van der Waals surface area (Å²) in [6, 6.07) is 7.19. The topological polar surface area (TPSA) is 171 Å². The lowest BCUT2D eigenvalue weighted by atomic mass is 10.1. The van der Waals surface area contributed by atoms with Gasteiger partial charge in [0.1, 0.15) is 12.2 Å². The molecule has 2 atom stereocenters. The van der Waals surface area contributed by atoms with Gasteiger partial charge in [0.2, 0.25) is 5.91 Å². The number of amides is 1. The molecular formula is C32H36N2O11S3. The van der Waals surface area contributed by atoms with Crippen LogP contribution in [0.2, 0.25) is 0 Å². The fourth-order valence-corrected chi connectivity index (χ4v) is 8.49. The first kappa shape index (κ1) is 35.6. The Morgan fingerprint density at radius 3 is 2.40 bits per heavy atom. The highest BCUT2D eigenvalue weighted by atomic mass is 33.1. The molecule has 2 aromatic heterocycles. The standard InChI is InChI=1S/C32H36N2O11S3/c1-41-23-13-27-18(12-28(48-27)21(35)4-7-31(40)45-26-17-47-46-16-22(26)36)10-24(23)43-8-3-9-44-25-11-19-14-34(29(37)5-6-30(38)39)15-20(19)33-32(25)42-2/h10-13,22,26,36H,3-9,14-17H2,1-2H3,(H,38,39)/t22-,26-/m0/s1. The number of carboxylic acids is 1. The number of carbonyl (C=O) groups is 4. The van der Waals surface area contributed by atoms with Crippen molar-refractivity contribution in [2.75, 3.05) is 38.9 Å². The molecule has 13 nitrogen and oxygen atoms in total. The molecule has 3 aromatic rings. The van der Waals surface area contributed by atoms with E-state index in [4.69, 9.17) is 28.8 Å². The highest BCUT2D eigenvalue weighted by Crippen LogP contribution is 2.38. The number of aliphatic hydroxyl groups is 1. The van der Waals surface area contributed by atoms with Crippen LogP contribution in [-0.4, -0.2) is 94.9 Å². The number of Topliss-reactive ketones (excluding diaryl/α,β-unsaturated/α-hetero) is 1. The Balaban J connectivity index is 1.11. The van der Waals surface area contributed by atoms with Crippen molar-refractivity contribution in [2.24, 2.45) is 0 Å². The summed E-state index contributed by atoms with van der Waals surface area (Å²) in [5.41, 5.74) is 1.50. The quantitative estimate of drug-likeness (QED) is 0.0917. The average molecular weight is 721 g/mol. The smallest absolute Gasteiger partial charge is 0.306 e. The lowest BCUT2D eigenvalue weighted by Crippen LogP contribution is -2.37. The summed E-state index contributed by atoms with van der Waals surface area (Å²) in [6.45, 7) is 1.20. The zero-order valence-electron chi connectivity index (χ0n) is 26.4. The van der Waals surface area contributed by atoms with Gasteiger partial charge in [-0.2, -0.15) is 0 Å². The molecule has 0 radical (unpaired) electrons. The van der Waals surface area contributed by atoms with E-state index >= 15 is 0 Å². The monoisotopic (exact) mass is 720 g/mol. The van der Waals surface area contributed by atoms with E-state index in [0.29, 0.717) is 71.4 Å². The molecule has 2 aliphatic rings. The summed E-state index contributed by atoms with van der Waals surface area (Å²) in [6.07, 6.45) is -1.09. The van der Waals surface area contributed by atoms with Crippen LogP contribution in [-0.2, 0) is 32.2 Å². The first-order valence-electron chi connectivity index (χ1n) is 15.2. The molecule has 5 rings (SSSR count). The largest absolute Gasteiger partial charge is 0.493 e. The van der Waals surface area contributed by atoms with Gasteiger partial charge in [-0.1, -0.05) is 21.6 Å². The fraction of sp³-hybridized carbons (Fsp3) is 0.469. The zero-order chi connectivity index (χ0) is 34.2. The van der Waals surface area contributed by atoms with Crippen molar-refractivity contribution in [2.45, 2.75) is 57.4 Å². The van der Waals surface area contributed by atoms with Crippen molar-refractivity contribution in [3.63, 3.8) is 0 Å². The molecule has 1 aromatic carbocycles. The van der Waals surface area contributed by atoms with E-state index in [0.717, 1.165) is 15.6 Å². The van der Waals surface area contributed by atoms with Gasteiger partial charge in [-0.05, 0) is 29.1 Å². The number of esters is 1. The Bertz CT molecular complexity index is 1660. The van der Waals surface area contributed by atoms with Gasteiger partial charge in [0.15, 0.2) is 23.0 Å². The van der Waals surface area contributed by atoms with E-state index in [1.807, 2.05) is 12.1 Å². The van der Waals surface area contributed by atoms with E-state index < -0.39 is 24.1 Å². The van der Waals surface area contributed by atoms with Gasteiger partial charge in [0.05, 0.1) is 57.4 Å². The predicted octanol–water partition coefficient (Wildman–Crippen LogP) is 4.50. The van der Waals surface area contributed by atoms with Crippen LogP contribution in [0.25, 0.3) is 10.1 Å². The van der Waals surface area contributed by atoms with Crippen molar-refractivity contribution in [1.82, 2.24) is 9.88 Å². The van der Waals surface area contributed by atoms with Crippen LogP contribution in [0.15, 0.2) is 24.3 Å². The normalized spacial score (nSPS) is 17.1. The van der Waals surface area contributed by atoms with E-state index in [9.17, 15) is 24.3 Å². The second kappa shape index (κ2) is 16.6. The van der Waals surface area contributed by atoms with Crippen molar-refractivity contribution in [1.29, 1.82) is 0 Å². The van der Waals surface area contributed by atoms with E-state index in [1.165, 1.54) is 36.4 Å². The highest BCUT2D eigenvalue weighted by Gasteiger charge is 2.29. The third-order valence-electron chi connectivity index (χ3n) is 7.63. The van der Waals surface area contributed by atoms with Gasteiger partial charge in [0, 0.05) is 48.1 Å². The minimum absolute atomic E-state index is 0.00452. The molecule has 1 amide bonds. The van der Waals surface area contributed by atoms with Crippen LogP contribution in [0, 0.1) is 0 Å². The van der Waals surface area contributed by atoms with Crippen LogP contribution in [0.3, 0.4) is 0 Å². The molecule has 1 fully saturated rings. The van der Waals surface area contributed by atoms with Gasteiger partial charge in [-0.25, -0.2) is 4.98 Å². The lowest BCUT2D eigenvalue weighted by Gasteiger charge is -2.26. The van der Waals surface area contributed by atoms with Gasteiger partial charge in [0.25, 0.3) is 5.88 Å². The Kier molecular flexibility index (Phi) is 12.3. The van der Waals surface area contributed by atoms with Crippen molar-refractivity contribution >= 4 is 66.6 Å². The number of carboxylic acid groups (broad SMARTS) is 1. The molecule has 0 unspecified atom stereocenters. The molecule has 0 bridgehead atoms. The molecule has 0 aliphatic carbocycles. The second-order valence-electron chi connectivity index (χ2n) is 11.0. The number of thiophene rings is 1. The number of hydrogen-bond donors (Lipinski definition) is 2. The lowest BCUT2D eigenvalue weighted by molar-refractivity contribution is -0.152. The predicted molar refractivity (Wildman–Crippen MR) is 180 cm³/mol. The maximum absolute atomic E-state index is 12.9. The number of aliphatic hydroxyl groups excluding tert-OH is 1. The Morgan fingerprint density at radius 2 is 1.67 bits per heavy atom. The number of carbonyl (C=O) groups excluding carboxylic acids is 3. The Morgan fingerprint density at radius 1 is 0.896 bits per heavy atom. The number of benzene rings is 1. The first-order valence-corrected chi connectivity index (χ1v) is 18.5. The summed E-state index contributed by atoms with van der Waals surface area (Å²) in [4.78, 5) is 55.0. The number of hydrogen-bond acceptors (Lipinski definition) is 14. The van der Waals surface area contributed by atoms with Crippen molar-refractivity contribution < 1.29 is 53.1 Å². The summed E-state index contributed by atoms with van der Waals surface area (Å²) >= 11 is 1.31. The maximum atomic E-state index is 12.9. The molecule has 2 aliphatic heterocycles. The van der Waals surface area contributed by atoms with Gasteiger partial charge >= 0.3 is 11.9 Å².